The van der Waals surface area contributed by atoms with Gasteiger partial charge in [-0.25, -0.2) is 12.7 Å². The van der Waals surface area contributed by atoms with Gasteiger partial charge in [0.25, 0.3) is 0 Å². The maximum absolute atomic E-state index is 12.8. The van der Waals surface area contributed by atoms with E-state index in [-0.39, 0.29) is 38.1 Å². The molecule has 6 nitrogen and oxygen atoms in total. The van der Waals surface area contributed by atoms with Crippen LogP contribution in [-0.2, 0) is 10.0 Å². The molecule has 3 aliphatic rings. The highest BCUT2D eigenvalue weighted by atomic mass is 32.2. The fourth-order valence-corrected chi connectivity index (χ4v) is 6.02. The van der Waals surface area contributed by atoms with Crippen molar-refractivity contribution in [2.75, 3.05) is 13.1 Å². The smallest absolute Gasteiger partial charge is 0.339 e. The summed E-state index contributed by atoms with van der Waals surface area (Å²) in [6.07, 6.45) is -1.60. The Labute approximate surface area is 150 Å². The number of alkyl halides is 3. The maximum Gasteiger partial charge on any atom is 0.391 e. The van der Waals surface area contributed by atoms with Crippen LogP contribution in [0.2, 0.25) is 0 Å². The largest absolute Gasteiger partial charge is 0.391 e. The molecule has 0 bridgehead atoms. The van der Waals surface area contributed by atoms with E-state index in [1.165, 1.54) is 4.31 Å². The Hall–Kier alpha value is -1.16. The fraction of sp³-hybridized carbons (Fsp3) is 0.875. The van der Waals surface area contributed by atoms with Crippen LogP contribution in [0.3, 0.4) is 0 Å². The summed E-state index contributed by atoms with van der Waals surface area (Å²) in [5.41, 5.74) is 0. The minimum absolute atomic E-state index is 0.0695. The Balaban J connectivity index is 1.38. The van der Waals surface area contributed by atoms with Gasteiger partial charge in [0.05, 0.1) is 17.1 Å². The lowest BCUT2D eigenvalue weighted by atomic mass is 9.88. The molecule has 2 aliphatic carbocycles. The SMILES string of the molecule is O=S(=O)(C1CCC(C(F)(F)F)CC1)N1CC[C@H](c2nc(C3CC3)no2)C1. The minimum Gasteiger partial charge on any atom is -0.339 e. The molecule has 26 heavy (non-hydrogen) atoms. The molecule has 1 atom stereocenters. The van der Waals surface area contributed by atoms with E-state index in [2.05, 4.69) is 10.1 Å². The van der Waals surface area contributed by atoms with Gasteiger partial charge in [0.1, 0.15) is 0 Å². The van der Waals surface area contributed by atoms with E-state index < -0.39 is 27.4 Å². The van der Waals surface area contributed by atoms with E-state index in [1.807, 2.05) is 0 Å². The summed E-state index contributed by atoms with van der Waals surface area (Å²) in [6.45, 7) is 0.626. The topological polar surface area (TPSA) is 76.3 Å². The van der Waals surface area contributed by atoms with Crippen LogP contribution >= 0.6 is 0 Å². The summed E-state index contributed by atoms with van der Waals surface area (Å²) in [7, 11) is -3.59. The van der Waals surface area contributed by atoms with Crippen LogP contribution in [-0.4, -0.2) is 47.4 Å². The number of hydrogen-bond donors (Lipinski definition) is 0. The van der Waals surface area contributed by atoms with Gasteiger partial charge in [-0.2, -0.15) is 18.2 Å². The lowest BCUT2D eigenvalue weighted by Gasteiger charge is -2.31. The van der Waals surface area contributed by atoms with Gasteiger partial charge in [-0.1, -0.05) is 5.16 Å². The molecule has 0 unspecified atom stereocenters. The van der Waals surface area contributed by atoms with Crippen molar-refractivity contribution >= 4 is 10.0 Å². The van der Waals surface area contributed by atoms with Crippen molar-refractivity contribution in [2.45, 2.75) is 68.2 Å². The first kappa shape index (κ1) is 18.2. The first-order valence-corrected chi connectivity index (χ1v) is 10.6. The van der Waals surface area contributed by atoms with Crippen molar-refractivity contribution in [3.05, 3.63) is 11.7 Å². The van der Waals surface area contributed by atoms with Crippen molar-refractivity contribution in [1.29, 1.82) is 0 Å². The van der Waals surface area contributed by atoms with E-state index >= 15 is 0 Å². The van der Waals surface area contributed by atoms with E-state index in [0.717, 1.165) is 12.8 Å². The molecule has 0 amide bonds. The number of hydrogen-bond acceptors (Lipinski definition) is 5. The standard InChI is InChI=1S/C16H22F3N3O3S/c17-16(18,19)12-3-5-13(6-4-12)26(23,24)22-8-7-11(9-22)15-20-14(21-25-15)10-1-2-10/h10-13H,1-9H2/t11-,12?,13?/m0/s1. The molecule has 0 N–H and O–H groups in total. The molecule has 0 aromatic carbocycles. The predicted octanol–water partition coefficient (Wildman–Crippen LogP) is 3.19. The lowest BCUT2D eigenvalue weighted by molar-refractivity contribution is -0.181. The molecule has 0 radical (unpaired) electrons. The average molecular weight is 393 g/mol. The summed E-state index contributed by atoms with van der Waals surface area (Å²) in [5, 5.41) is 3.25. The first-order valence-electron chi connectivity index (χ1n) is 9.14. The summed E-state index contributed by atoms with van der Waals surface area (Å²) < 4.78 is 70.7. The third-order valence-electron chi connectivity index (χ3n) is 5.82. The second kappa shape index (κ2) is 6.47. The van der Waals surface area contributed by atoms with Crippen molar-refractivity contribution in [1.82, 2.24) is 14.4 Å². The molecular weight excluding hydrogens is 371 g/mol. The van der Waals surface area contributed by atoms with Gasteiger partial charge in [0.2, 0.25) is 15.9 Å². The van der Waals surface area contributed by atoms with Crippen LogP contribution in [0, 0.1) is 5.92 Å². The van der Waals surface area contributed by atoms with E-state index in [0.29, 0.717) is 30.6 Å². The van der Waals surface area contributed by atoms with Gasteiger partial charge in [0, 0.05) is 19.0 Å². The van der Waals surface area contributed by atoms with Crippen LogP contribution in [0.1, 0.15) is 68.5 Å². The number of rotatable bonds is 4. The predicted molar refractivity (Wildman–Crippen MR) is 85.9 cm³/mol. The number of aromatic nitrogens is 2. The molecule has 2 heterocycles. The van der Waals surface area contributed by atoms with Gasteiger partial charge >= 0.3 is 6.18 Å². The minimum atomic E-state index is -4.23. The lowest BCUT2D eigenvalue weighted by Crippen LogP contribution is -2.40. The molecule has 1 aliphatic heterocycles. The van der Waals surface area contributed by atoms with Crippen LogP contribution in [0.5, 0.6) is 0 Å². The molecule has 3 fully saturated rings. The highest BCUT2D eigenvalue weighted by Gasteiger charge is 2.46. The molecule has 146 valence electrons. The Morgan fingerprint density at radius 3 is 2.31 bits per heavy atom. The van der Waals surface area contributed by atoms with Crippen molar-refractivity contribution in [2.24, 2.45) is 5.92 Å². The molecule has 1 aromatic heterocycles. The van der Waals surface area contributed by atoms with Gasteiger partial charge < -0.3 is 4.52 Å². The number of halogens is 3. The normalized spacial score (nSPS) is 31.4. The molecule has 10 heteroatoms. The summed E-state index contributed by atoms with van der Waals surface area (Å²) in [6, 6.07) is 0. The van der Waals surface area contributed by atoms with E-state index in [4.69, 9.17) is 4.52 Å². The molecule has 4 rings (SSSR count). The van der Waals surface area contributed by atoms with Gasteiger partial charge in [-0.15, -0.1) is 0 Å². The quantitative estimate of drug-likeness (QED) is 0.785. The molecule has 2 saturated carbocycles. The summed E-state index contributed by atoms with van der Waals surface area (Å²) >= 11 is 0. The molecule has 1 aromatic rings. The Kier molecular flexibility index (Phi) is 4.53. The average Bonchev–Trinajstić information content (AvgIpc) is 3.11. The Bertz CT molecular complexity index is 752. The zero-order chi connectivity index (χ0) is 18.5. The molecular formula is C16H22F3N3O3S. The van der Waals surface area contributed by atoms with E-state index in [9.17, 15) is 21.6 Å². The second-order valence-corrected chi connectivity index (χ2v) is 9.88. The zero-order valence-corrected chi connectivity index (χ0v) is 15.1. The third-order valence-corrected chi connectivity index (χ3v) is 8.18. The van der Waals surface area contributed by atoms with Crippen molar-refractivity contribution in [3.8, 4) is 0 Å². The maximum atomic E-state index is 12.8. The van der Waals surface area contributed by atoms with Gasteiger partial charge in [-0.05, 0) is 44.9 Å². The van der Waals surface area contributed by atoms with Crippen LogP contribution < -0.4 is 0 Å². The van der Waals surface area contributed by atoms with Crippen LogP contribution in [0.25, 0.3) is 0 Å². The van der Waals surface area contributed by atoms with Crippen LogP contribution in [0.15, 0.2) is 4.52 Å². The van der Waals surface area contributed by atoms with Gasteiger partial charge in [0.15, 0.2) is 5.82 Å². The van der Waals surface area contributed by atoms with Crippen molar-refractivity contribution in [3.63, 3.8) is 0 Å². The summed E-state index contributed by atoms with van der Waals surface area (Å²) in [5.74, 6) is 0.0468. The van der Waals surface area contributed by atoms with Crippen molar-refractivity contribution < 1.29 is 26.1 Å². The van der Waals surface area contributed by atoms with Crippen LogP contribution in [0.4, 0.5) is 13.2 Å². The molecule has 0 spiro atoms. The monoisotopic (exact) mass is 393 g/mol. The Morgan fingerprint density at radius 1 is 1.00 bits per heavy atom. The highest BCUT2D eigenvalue weighted by molar-refractivity contribution is 7.89. The van der Waals surface area contributed by atoms with Gasteiger partial charge in [-0.3, -0.25) is 0 Å². The fourth-order valence-electron chi connectivity index (χ4n) is 3.98. The highest BCUT2D eigenvalue weighted by Crippen LogP contribution is 2.41. The first-order chi connectivity index (χ1) is 12.2. The molecule has 1 saturated heterocycles. The number of nitrogens with zero attached hydrogens (tertiary/aromatic N) is 3. The Morgan fingerprint density at radius 2 is 1.69 bits per heavy atom. The second-order valence-electron chi connectivity index (χ2n) is 7.67. The number of sulfonamides is 1. The summed E-state index contributed by atoms with van der Waals surface area (Å²) in [4.78, 5) is 4.40. The zero-order valence-electron chi connectivity index (χ0n) is 14.3. The van der Waals surface area contributed by atoms with E-state index in [1.54, 1.807) is 0 Å². The third kappa shape index (κ3) is 3.49.